The Hall–Kier alpha value is -4.89. The van der Waals surface area contributed by atoms with E-state index in [1.165, 1.54) is 6.07 Å². The molecule has 0 aliphatic carbocycles. The fraction of sp³-hybridized carbons (Fsp3) is 0.267. The third kappa shape index (κ3) is 6.35. The largest absolute Gasteiger partial charge is 0.390 e. The fourth-order valence-corrected chi connectivity index (χ4v) is 5.25. The van der Waals surface area contributed by atoms with E-state index in [1.807, 2.05) is 36.4 Å². The molecule has 15 heteroatoms. The van der Waals surface area contributed by atoms with Crippen molar-refractivity contribution >= 4 is 22.9 Å². The fourth-order valence-electron chi connectivity index (χ4n) is 5.25. The Bertz CT molecular complexity index is 1860. The van der Waals surface area contributed by atoms with E-state index < -0.39 is 49.0 Å². The second-order valence-electron chi connectivity index (χ2n) is 10.6. The highest BCUT2D eigenvalue weighted by Crippen LogP contribution is 2.34. The predicted octanol–water partition coefficient (Wildman–Crippen LogP) is 5.84. The number of urea groups is 1. The maximum absolute atomic E-state index is 14.1. The topological polar surface area (TPSA) is 102 Å². The van der Waals surface area contributed by atoms with Crippen LogP contribution in [0, 0.1) is 18.6 Å². The summed E-state index contributed by atoms with van der Waals surface area (Å²) < 4.78 is 69.7. The molecule has 2 amide bonds. The predicted molar refractivity (Wildman–Crippen MR) is 154 cm³/mol. The van der Waals surface area contributed by atoms with Crippen LogP contribution in [0.15, 0.2) is 67.0 Å². The van der Waals surface area contributed by atoms with Crippen LogP contribution >= 0.6 is 0 Å². The molecule has 6 rings (SSSR count). The molecule has 1 aliphatic heterocycles. The van der Waals surface area contributed by atoms with Crippen LogP contribution in [0.5, 0.6) is 0 Å². The molecule has 1 unspecified atom stereocenters. The number of para-hydroxylation sites is 1. The lowest BCUT2D eigenvalue weighted by Gasteiger charge is -2.20. The number of amides is 2. The first kappa shape index (κ1) is 30.1. The van der Waals surface area contributed by atoms with Gasteiger partial charge in [-0.2, -0.15) is 28.4 Å². The normalized spacial score (nSPS) is 17.2. The maximum Gasteiger partial charge on any atom is 0.390 e. The molecular weight excluding hydrogens is 599 g/mol. The number of hydroxylamine groups is 2. The van der Waals surface area contributed by atoms with E-state index in [2.05, 4.69) is 20.7 Å². The number of carbonyl (C=O) groups is 1. The summed E-state index contributed by atoms with van der Waals surface area (Å²) in [5.41, 5.74) is 3.35. The SMILES string of the molecule is Cc1c(-c2cnc3c(cnn3C)c2)nn(-c2ccccc2)c1NC(=O)N[C@@H]1CN(CCC(F)(F)F)OC1c1ccc(F)c(F)c1. The molecule has 2 atom stereocenters. The van der Waals surface area contributed by atoms with Gasteiger partial charge >= 0.3 is 12.2 Å². The van der Waals surface area contributed by atoms with Crippen LogP contribution in [-0.2, 0) is 11.9 Å². The van der Waals surface area contributed by atoms with Gasteiger partial charge in [-0.05, 0) is 42.8 Å². The van der Waals surface area contributed by atoms with Crippen LogP contribution in [0.25, 0.3) is 28.0 Å². The molecule has 0 saturated carbocycles. The lowest BCUT2D eigenvalue weighted by atomic mass is 10.0. The first-order chi connectivity index (χ1) is 21.5. The summed E-state index contributed by atoms with van der Waals surface area (Å²) in [7, 11) is 1.78. The number of hydrogen-bond acceptors (Lipinski definition) is 6. The molecule has 5 aromatic rings. The number of pyridine rings is 1. The van der Waals surface area contributed by atoms with E-state index >= 15 is 0 Å². The van der Waals surface area contributed by atoms with Gasteiger partial charge in [0, 0.05) is 42.8 Å². The number of halogens is 5. The third-order valence-corrected chi connectivity index (χ3v) is 7.46. The van der Waals surface area contributed by atoms with E-state index in [1.54, 1.807) is 35.7 Å². The van der Waals surface area contributed by atoms with E-state index in [-0.39, 0.29) is 12.1 Å². The maximum atomic E-state index is 14.1. The van der Waals surface area contributed by atoms with Gasteiger partial charge in [0.15, 0.2) is 17.3 Å². The minimum atomic E-state index is -4.44. The Kier molecular flexibility index (Phi) is 7.97. The molecule has 45 heavy (non-hydrogen) atoms. The number of hydrogen-bond donors (Lipinski definition) is 2. The van der Waals surface area contributed by atoms with Gasteiger partial charge in [0.2, 0.25) is 0 Å². The van der Waals surface area contributed by atoms with Crippen LogP contribution in [0.4, 0.5) is 32.6 Å². The van der Waals surface area contributed by atoms with Gasteiger partial charge < -0.3 is 5.32 Å². The minimum absolute atomic E-state index is 0.133. The molecule has 0 radical (unpaired) electrons. The lowest BCUT2D eigenvalue weighted by molar-refractivity contribution is -0.184. The number of carbonyl (C=O) groups excluding carboxylic acids is 1. The summed E-state index contributed by atoms with van der Waals surface area (Å²) in [4.78, 5) is 23.7. The van der Waals surface area contributed by atoms with Gasteiger partial charge in [-0.3, -0.25) is 14.8 Å². The van der Waals surface area contributed by atoms with Crippen molar-refractivity contribution < 1.29 is 31.6 Å². The van der Waals surface area contributed by atoms with Gasteiger partial charge in [0.25, 0.3) is 0 Å². The molecule has 0 bridgehead atoms. The Morgan fingerprint density at radius 1 is 1.07 bits per heavy atom. The molecule has 1 saturated heterocycles. The number of anilines is 1. The molecule has 4 heterocycles. The average Bonchev–Trinajstić information content (AvgIpc) is 3.68. The Morgan fingerprint density at radius 3 is 2.58 bits per heavy atom. The van der Waals surface area contributed by atoms with Crippen molar-refractivity contribution in [3.63, 3.8) is 0 Å². The third-order valence-electron chi connectivity index (χ3n) is 7.46. The highest BCUT2D eigenvalue weighted by atomic mass is 19.4. The smallest absolute Gasteiger partial charge is 0.331 e. The number of nitrogens with zero attached hydrogens (tertiary/aromatic N) is 6. The zero-order valence-corrected chi connectivity index (χ0v) is 24.0. The number of fused-ring (bicyclic) bond motifs is 1. The Morgan fingerprint density at radius 2 is 1.84 bits per heavy atom. The van der Waals surface area contributed by atoms with Crippen LogP contribution in [0.1, 0.15) is 23.7 Å². The molecule has 3 aromatic heterocycles. The number of alkyl halides is 3. The van der Waals surface area contributed by atoms with Crippen molar-refractivity contribution in [2.45, 2.75) is 31.7 Å². The van der Waals surface area contributed by atoms with Crippen LogP contribution in [0.2, 0.25) is 0 Å². The van der Waals surface area contributed by atoms with Crippen molar-refractivity contribution in [2.75, 3.05) is 18.4 Å². The highest BCUT2D eigenvalue weighted by Gasteiger charge is 2.39. The van der Waals surface area contributed by atoms with Crippen LogP contribution < -0.4 is 10.6 Å². The standard InChI is InChI=1S/C30H27F5N8O2/c1-17-25(19-12-20-15-37-41(2)28(20)36-14-19)40-43(21-6-4-3-5-7-21)27(17)39-29(44)38-24-16-42(11-10-30(33,34)35)45-26(24)18-8-9-22(31)23(32)13-18/h3-9,12-15,24,26H,10-11,16H2,1-2H3,(H2,38,39,44)/t24-,26?/m1/s1. The van der Waals surface area contributed by atoms with Crippen LogP contribution in [0.3, 0.4) is 0 Å². The van der Waals surface area contributed by atoms with Gasteiger partial charge in [0.05, 0.1) is 30.0 Å². The number of rotatable bonds is 7. The second kappa shape index (κ2) is 11.9. The minimum Gasteiger partial charge on any atom is -0.331 e. The van der Waals surface area contributed by atoms with Crippen molar-refractivity contribution in [1.82, 2.24) is 34.9 Å². The summed E-state index contributed by atoms with van der Waals surface area (Å²) in [5, 5.41) is 16.4. The zero-order chi connectivity index (χ0) is 31.9. The summed E-state index contributed by atoms with van der Waals surface area (Å²) in [6.07, 6.45) is -3.32. The molecule has 2 aromatic carbocycles. The van der Waals surface area contributed by atoms with E-state index in [9.17, 15) is 26.7 Å². The molecule has 1 aliphatic rings. The highest BCUT2D eigenvalue weighted by molar-refractivity contribution is 5.91. The molecule has 1 fully saturated rings. The lowest BCUT2D eigenvalue weighted by Crippen LogP contribution is -2.42. The summed E-state index contributed by atoms with van der Waals surface area (Å²) >= 11 is 0. The molecular formula is C30H27F5N8O2. The molecule has 0 spiro atoms. The zero-order valence-electron chi connectivity index (χ0n) is 24.0. The van der Waals surface area contributed by atoms with E-state index in [0.29, 0.717) is 34.0 Å². The quantitative estimate of drug-likeness (QED) is 0.220. The molecule has 234 valence electrons. The van der Waals surface area contributed by atoms with Crippen molar-refractivity contribution in [2.24, 2.45) is 7.05 Å². The first-order valence-corrected chi connectivity index (χ1v) is 13.9. The Labute approximate surface area is 253 Å². The average molecular weight is 627 g/mol. The van der Waals surface area contributed by atoms with Gasteiger partial charge in [-0.25, -0.2) is 23.2 Å². The summed E-state index contributed by atoms with van der Waals surface area (Å²) in [5.74, 6) is -1.91. The second-order valence-corrected chi connectivity index (χ2v) is 10.6. The summed E-state index contributed by atoms with van der Waals surface area (Å²) in [6, 6.07) is 12.4. The van der Waals surface area contributed by atoms with Gasteiger partial charge in [-0.15, -0.1) is 0 Å². The first-order valence-electron chi connectivity index (χ1n) is 13.9. The van der Waals surface area contributed by atoms with Crippen molar-refractivity contribution in [3.05, 3.63) is 89.8 Å². The Balaban J connectivity index is 1.29. The number of aromatic nitrogens is 5. The van der Waals surface area contributed by atoms with Gasteiger partial charge in [0.1, 0.15) is 11.9 Å². The summed E-state index contributed by atoms with van der Waals surface area (Å²) in [6.45, 7) is 1.14. The molecule has 10 nitrogen and oxygen atoms in total. The van der Waals surface area contributed by atoms with Crippen molar-refractivity contribution in [3.8, 4) is 16.9 Å². The van der Waals surface area contributed by atoms with Crippen molar-refractivity contribution in [1.29, 1.82) is 0 Å². The van der Waals surface area contributed by atoms with E-state index in [0.717, 1.165) is 22.6 Å². The monoisotopic (exact) mass is 626 g/mol. The number of benzene rings is 2. The van der Waals surface area contributed by atoms with Crippen LogP contribution in [-0.4, -0.2) is 60.9 Å². The van der Waals surface area contributed by atoms with E-state index in [4.69, 9.17) is 9.94 Å². The number of aryl methyl sites for hydroxylation is 1. The molecule has 2 N–H and O–H groups in total. The van der Waals surface area contributed by atoms with Gasteiger partial charge in [-0.1, -0.05) is 24.3 Å². The number of nitrogens with one attached hydrogen (secondary N) is 2.